The van der Waals surface area contributed by atoms with E-state index in [9.17, 15) is 0 Å². The van der Waals surface area contributed by atoms with Gasteiger partial charge in [-0.25, -0.2) is 4.98 Å². The maximum absolute atomic E-state index is 5.63. The quantitative estimate of drug-likeness (QED) is 0.817. The van der Waals surface area contributed by atoms with E-state index in [1.54, 1.807) is 6.07 Å². The number of likely N-dealkylation sites (N-methyl/N-ethyl adjacent to an activating group) is 1. The first-order valence-electron chi connectivity index (χ1n) is 6.42. The minimum atomic E-state index is 0.569. The first-order valence-corrected chi connectivity index (χ1v) is 6.42. The molecule has 0 spiro atoms. The summed E-state index contributed by atoms with van der Waals surface area (Å²) in [6.45, 7) is 1.98. The summed E-state index contributed by atoms with van der Waals surface area (Å²) in [5.41, 5.74) is 5.63. The largest absolute Gasteiger partial charge is 0.384 e. The monoisotopic (exact) mass is 234 g/mol. The lowest BCUT2D eigenvalue weighted by Crippen LogP contribution is -2.33. The molecule has 0 unspecified atom stereocenters. The average Bonchev–Trinajstić information content (AvgIpc) is 2.82. The summed E-state index contributed by atoms with van der Waals surface area (Å²) in [7, 11) is 2.21. The molecule has 0 aromatic carbocycles. The van der Waals surface area contributed by atoms with Gasteiger partial charge >= 0.3 is 0 Å². The third kappa shape index (κ3) is 3.60. The zero-order valence-electron chi connectivity index (χ0n) is 10.5. The lowest BCUT2D eigenvalue weighted by atomic mass is 10.2. The summed E-state index contributed by atoms with van der Waals surface area (Å²) in [5, 5.41) is 3.31. The molecule has 0 atom stereocenters. The zero-order valence-corrected chi connectivity index (χ0v) is 10.5. The van der Waals surface area contributed by atoms with Crippen molar-refractivity contribution in [1.82, 2.24) is 9.88 Å². The Labute approximate surface area is 103 Å². The van der Waals surface area contributed by atoms with E-state index in [0.717, 1.165) is 24.9 Å². The Balaban J connectivity index is 1.71. The molecule has 1 aliphatic carbocycles. The van der Waals surface area contributed by atoms with Gasteiger partial charge in [-0.15, -0.1) is 0 Å². The lowest BCUT2D eigenvalue weighted by Gasteiger charge is -2.24. The molecule has 1 fully saturated rings. The van der Waals surface area contributed by atoms with E-state index < -0.39 is 0 Å². The fraction of sp³-hybridized carbons (Fsp3) is 0.615. The van der Waals surface area contributed by atoms with Crippen LogP contribution in [0.15, 0.2) is 18.2 Å². The number of nitrogens with zero attached hydrogens (tertiary/aromatic N) is 2. The highest BCUT2D eigenvalue weighted by atomic mass is 15.1. The standard InChI is InChI=1S/C13H22N4/c1-17(11-5-2-3-6-11)10-9-15-13-8-4-7-12(14)16-13/h4,7-8,11H,2-3,5-6,9-10H2,1H3,(H3,14,15,16). The smallest absolute Gasteiger partial charge is 0.128 e. The Morgan fingerprint density at radius 3 is 2.88 bits per heavy atom. The van der Waals surface area contributed by atoms with E-state index >= 15 is 0 Å². The molecule has 0 radical (unpaired) electrons. The molecule has 94 valence electrons. The predicted octanol–water partition coefficient (Wildman–Crippen LogP) is 1.95. The van der Waals surface area contributed by atoms with Crippen LogP contribution in [-0.4, -0.2) is 36.1 Å². The van der Waals surface area contributed by atoms with Crippen LogP contribution in [0.2, 0.25) is 0 Å². The highest BCUT2D eigenvalue weighted by molar-refractivity contribution is 5.42. The number of nitrogen functional groups attached to an aromatic ring is 1. The fourth-order valence-electron chi connectivity index (χ4n) is 2.44. The topological polar surface area (TPSA) is 54.2 Å². The highest BCUT2D eigenvalue weighted by Crippen LogP contribution is 2.21. The Hall–Kier alpha value is -1.29. The molecular weight excluding hydrogens is 212 g/mol. The molecular formula is C13H22N4. The van der Waals surface area contributed by atoms with Crippen molar-refractivity contribution < 1.29 is 0 Å². The van der Waals surface area contributed by atoms with Crippen molar-refractivity contribution in [3.05, 3.63) is 18.2 Å². The minimum absolute atomic E-state index is 0.569. The molecule has 0 aliphatic heterocycles. The van der Waals surface area contributed by atoms with Crippen LogP contribution < -0.4 is 11.1 Å². The molecule has 2 rings (SSSR count). The van der Waals surface area contributed by atoms with Gasteiger partial charge < -0.3 is 16.0 Å². The highest BCUT2D eigenvalue weighted by Gasteiger charge is 2.18. The van der Waals surface area contributed by atoms with E-state index in [-0.39, 0.29) is 0 Å². The summed E-state index contributed by atoms with van der Waals surface area (Å²) in [6.07, 6.45) is 5.48. The van der Waals surface area contributed by atoms with Gasteiger partial charge in [0.25, 0.3) is 0 Å². The number of anilines is 2. The van der Waals surface area contributed by atoms with Crippen LogP contribution in [0.3, 0.4) is 0 Å². The molecule has 1 aromatic heterocycles. The number of hydrogen-bond acceptors (Lipinski definition) is 4. The second-order valence-corrected chi connectivity index (χ2v) is 4.79. The molecule has 1 heterocycles. The van der Waals surface area contributed by atoms with Gasteiger partial charge in [0.2, 0.25) is 0 Å². The van der Waals surface area contributed by atoms with Crippen molar-refractivity contribution in [2.45, 2.75) is 31.7 Å². The molecule has 4 nitrogen and oxygen atoms in total. The van der Waals surface area contributed by atoms with Crippen molar-refractivity contribution in [2.24, 2.45) is 0 Å². The Morgan fingerprint density at radius 1 is 1.41 bits per heavy atom. The van der Waals surface area contributed by atoms with Gasteiger partial charge in [0.1, 0.15) is 11.6 Å². The first kappa shape index (κ1) is 12.2. The van der Waals surface area contributed by atoms with E-state index in [1.807, 2.05) is 12.1 Å². The summed E-state index contributed by atoms with van der Waals surface area (Å²) in [6, 6.07) is 6.46. The van der Waals surface area contributed by atoms with Gasteiger partial charge in [-0.3, -0.25) is 0 Å². The van der Waals surface area contributed by atoms with Crippen molar-refractivity contribution in [3.8, 4) is 0 Å². The molecule has 0 saturated heterocycles. The maximum Gasteiger partial charge on any atom is 0.128 e. The number of nitrogens with two attached hydrogens (primary N) is 1. The third-order valence-corrected chi connectivity index (χ3v) is 3.49. The Kier molecular flexibility index (Phi) is 4.20. The Bertz CT molecular complexity index is 347. The molecule has 1 aliphatic rings. The molecule has 0 amide bonds. The number of hydrogen-bond donors (Lipinski definition) is 2. The lowest BCUT2D eigenvalue weighted by molar-refractivity contribution is 0.254. The van der Waals surface area contributed by atoms with Crippen molar-refractivity contribution >= 4 is 11.6 Å². The van der Waals surface area contributed by atoms with Gasteiger partial charge in [0.15, 0.2) is 0 Å². The SMILES string of the molecule is CN(CCNc1cccc(N)n1)C1CCCC1. The Morgan fingerprint density at radius 2 is 2.18 bits per heavy atom. The summed E-state index contributed by atoms with van der Waals surface area (Å²) in [5.74, 6) is 1.43. The second-order valence-electron chi connectivity index (χ2n) is 4.79. The summed E-state index contributed by atoms with van der Waals surface area (Å²) >= 11 is 0. The predicted molar refractivity (Wildman–Crippen MR) is 72.0 cm³/mol. The summed E-state index contributed by atoms with van der Waals surface area (Å²) in [4.78, 5) is 6.67. The number of rotatable bonds is 5. The zero-order chi connectivity index (χ0) is 12.1. The van der Waals surface area contributed by atoms with Crippen LogP contribution >= 0.6 is 0 Å². The maximum atomic E-state index is 5.63. The van der Waals surface area contributed by atoms with Crippen LogP contribution in [0, 0.1) is 0 Å². The van der Waals surface area contributed by atoms with Gasteiger partial charge in [0, 0.05) is 19.1 Å². The number of aromatic nitrogens is 1. The molecule has 17 heavy (non-hydrogen) atoms. The molecule has 4 heteroatoms. The first-order chi connectivity index (χ1) is 8.25. The molecule has 1 aromatic rings. The third-order valence-electron chi connectivity index (χ3n) is 3.49. The molecule has 1 saturated carbocycles. The normalized spacial score (nSPS) is 16.6. The fourth-order valence-corrected chi connectivity index (χ4v) is 2.44. The second kappa shape index (κ2) is 5.87. The number of pyridine rings is 1. The van der Waals surface area contributed by atoms with Crippen molar-refractivity contribution in [3.63, 3.8) is 0 Å². The van der Waals surface area contributed by atoms with E-state index in [2.05, 4.69) is 22.2 Å². The molecule has 3 N–H and O–H groups in total. The van der Waals surface area contributed by atoms with E-state index in [4.69, 9.17) is 5.73 Å². The van der Waals surface area contributed by atoms with Crippen molar-refractivity contribution in [2.75, 3.05) is 31.2 Å². The van der Waals surface area contributed by atoms with Crippen molar-refractivity contribution in [1.29, 1.82) is 0 Å². The minimum Gasteiger partial charge on any atom is -0.384 e. The average molecular weight is 234 g/mol. The van der Waals surface area contributed by atoms with Crippen LogP contribution in [0.1, 0.15) is 25.7 Å². The van der Waals surface area contributed by atoms with E-state index in [1.165, 1.54) is 25.7 Å². The number of nitrogens with one attached hydrogen (secondary N) is 1. The van der Waals surface area contributed by atoms with E-state index in [0.29, 0.717) is 5.82 Å². The van der Waals surface area contributed by atoms with Crippen LogP contribution in [0.4, 0.5) is 11.6 Å². The summed E-state index contributed by atoms with van der Waals surface area (Å²) < 4.78 is 0. The van der Waals surface area contributed by atoms with Gasteiger partial charge in [-0.1, -0.05) is 18.9 Å². The van der Waals surface area contributed by atoms with Crippen LogP contribution in [-0.2, 0) is 0 Å². The van der Waals surface area contributed by atoms with Gasteiger partial charge in [0.05, 0.1) is 0 Å². The van der Waals surface area contributed by atoms with Crippen LogP contribution in [0.5, 0.6) is 0 Å². The van der Waals surface area contributed by atoms with Gasteiger partial charge in [-0.05, 0) is 32.0 Å². The van der Waals surface area contributed by atoms with Crippen LogP contribution in [0.25, 0.3) is 0 Å². The molecule has 0 bridgehead atoms. The van der Waals surface area contributed by atoms with Gasteiger partial charge in [-0.2, -0.15) is 0 Å².